The van der Waals surface area contributed by atoms with E-state index in [1.807, 2.05) is 30.9 Å². The number of carbonyl (C=O) groups excluding carboxylic acids is 1. The van der Waals surface area contributed by atoms with Crippen molar-refractivity contribution in [3.05, 3.63) is 65.2 Å². The molecule has 2 aromatic carbocycles. The van der Waals surface area contributed by atoms with E-state index < -0.39 is 11.6 Å². The Kier molecular flexibility index (Phi) is 8.46. The lowest BCUT2D eigenvalue weighted by molar-refractivity contribution is -0.135. The fourth-order valence-corrected chi connectivity index (χ4v) is 4.76. The van der Waals surface area contributed by atoms with Crippen LogP contribution >= 0.6 is 0 Å². The molecule has 1 saturated heterocycles. The van der Waals surface area contributed by atoms with Gasteiger partial charge in [-0.05, 0) is 47.2 Å². The van der Waals surface area contributed by atoms with Crippen molar-refractivity contribution >= 4 is 5.91 Å². The van der Waals surface area contributed by atoms with Gasteiger partial charge < -0.3 is 9.64 Å². The standard InChI is InChI=1S/C27H36F2N2O2/c1-18(2)13-31(27(32)19(3)4)16-22-15-30(14-20-9-10-25(28)26(29)11-20)17-24(22)21-7-6-8-23(12-21)33-5/h6-12,18-19,22,24H,13-17H2,1-5H3/t22-,24-/m0/s1. The third kappa shape index (κ3) is 6.53. The summed E-state index contributed by atoms with van der Waals surface area (Å²) in [5.74, 6) is 0.0852. The molecule has 0 radical (unpaired) electrons. The summed E-state index contributed by atoms with van der Waals surface area (Å²) >= 11 is 0. The number of nitrogens with zero attached hydrogens (tertiary/aromatic N) is 2. The second-order valence-corrected chi connectivity index (χ2v) is 9.88. The number of hydrogen-bond donors (Lipinski definition) is 0. The highest BCUT2D eigenvalue weighted by molar-refractivity contribution is 5.78. The van der Waals surface area contributed by atoms with Crippen LogP contribution in [0, 0.1) is 29.4 Å². The average Bonchev–Trinajstić information content (AvgIpc) is 3.17. The summed E-state index contributed by atoms with van der Waals surface area (Å²) in [5, 5.41) is 0. The Bertz CT molecular complexity index is 947. The summed E-state index contributed by atoms with van der Waals surface area (Å²) in [4.78, 5) is 17.2. The molecule has 3 rings (SSSR count). The third-order valence-electron chi connectivity index (χ3n) is 6.27. The van der Waals surface area contributed by atoms with Gasteiger partial charge in [0, 0.05) is 44.6 Å². The molecule has 0 bridgehead atoms. The summed E-state index contributed by atoms with van der Waals surface area (Å²) in [6.45, 7) is 11.6. The molecular weight excluding hydrogens is 422 g/mol. The quantitative estimate of drug-likeness (QED) is 0.509. The predicted octanol–water partition coefficient (Wildman–Crippen LogP) is 5.33. The molecule has 0 spiro atoms. The van der Waals surface area contributed by atoms with E-state index in [4.69, 9.17) is 4.74 Å². The minimum atomic E-state index is -0.830. The van der Waals surface area contributed by atoms with Crippen LogP contribution in [-0.2, 0) is 11.3 Å². The first-order valence-electron chi connectivity index (χ1n) is 11.8. The molecule has 0 unspecified atom stereocenters. The number of hydrogen-bond acceptors (Lipinski definition) is 3. The lowest BCUT2D eigenvalue weighted by atomic mass is 9.88. The molecule has 1 aliphatic heterocycles. The number of halogens is 2. The highest BCUT2D eigenvalue weighted by Gasteiger charge is 2.36. The number of ether oxygens (including phenoxy) is 1. The van der Waals surface area contributed by atoms with Gasteiger partial charge in [-0.15, -0.1) is 0 Å². The van der Waals surface area contributed by atoms with Gasteiger partial charge in [-0.3, -0.25) is 9.69 Å². The zero-order valence-corrected chi connectivity index (χ0v) is 20.4. The SMILES string of the molecule is COc1cccc([C@@H]2CN(Cc3ccc(F)c(F)c3)C[C@H]2CN(CC(C)C)C(=O)C(C)C)c1. The van der Waals surface area contributed by atoms with Crippen LogP contribution in [0.15, 0.2) is 42.5 Å². The molecule has 2 atom stereocenters. The molecule has 1 aliphatic rings. The van der Waals surface area contributed by atoms with E-state index in [0.29, 0.717) is 19.0 Å². The maximum Gasteiger partial charge on any atom is 0.225 e. The number of amides is 1. The monoisotopic (exact) mass is 458 g/mol. The lowest BCUT2D eigenvalue weighted by Crippen LogP contribution is -2.41. The van der Waals surface area contributed by atoms with Crippen LogP contribution in [0.3, 0.4) is 0 Å². The van der Waals surface area contributed by atoms with E-state index in [1.165, 1.54) is 17.7 Å². The maximum atomic E-state index is 13.8. The Labute approximate surface area is 196 Å². The van der Waals surface area contributed by atoms with E-state index in [1.54, 1.807) is 13.2 Å². The minimum absolute atomic E-state index is 0.0567. The van der Waals surface area contributed by atoms with Crippen LogP contribution in [0.2, 0.25) is 0 Å². The first-order valence-corrected chi connectivity index (χ1v) is 11.8. The number of methoxy groups -OCH3 is 1. The number of rotatable bonds is 9. The lowest BCUT2D eigenvalue weighted by Gasteiger charge is -2.31. The molecule has 0 aromatic heterocycles. The number of likely N-dealkylation sites (tertiary alicyclic amines) is 1. The van der Waals surface area contributed by atoms with Crippen molar-refractivity contribution in [2.45, 2.75) is 40.2 Å². The Morgan fingerprint density at radius 3 is 2.48 bits per heavy atom. The minimum Gasteiger partial charge on any atom is -0.497 e. The van der Waals surface area contributed by atoms with E-state index in [0.717, 1.165) is 30.9 Å². The van der Waals surface area contributed by atoms with E-state index in [-0.39, 0.29) is 23.7 Å². The fourth-order valence-electron chi connectivity index (χ4n) is 4.76. The largest absolute Gasteiger partial charge is 0.497 e. The molecular formula is C27H36F2N2O2. The van der Waals surface area contributed by atoms with Crippen molar-refractivity contribution in [2.24, 2.45) is 17.8 Å². The molecule has 2 aromatic rings. The Balaban J connectivity index is 1.85. The van der Waals surface area contributed by atoms with Crippen molar-refractivity contribution in [3.63, 3.8) is 0 Å². The zero-order valence-electron chi connectivity index (χ0n) is 20.4. The van der Waals surface area contributed by atoms with Crippen molar-refractivity contribution in [3.8, 4) is 5.75 Å². The second kappa shape index (κ2) is 11.1. The molecule has 1 amide bonds. The first kappa shape index (κ1) is 25.2. The van der Waals surface area contributed by atoms with Crippen molar-refractivity contribution in [2.75, 3.05) is 33.3 Å². The molecule has 1 heterocycles. The van der Waals surface area contributed by atoms with Crippen LogP contribution in [0.4, 0.5) is 8.78 Å². The maximum absolute atomic E-state index is 13.8. The summed E-state index contributed by atoms with van der Waals surface area (Å²) < 4.78 is 32.6. The molecule has 0 aliphatic carbocycles. The van der Waals surface area contributed by atoms with E-state index >= 15 is 0 Å². The van der Waals surface area contributed by atoms with E-state index in [2.05, 4.69) is 30.9 Å². The molecule has 6 heteroatoms. The van der Waals surface area contributed by atoms with Crippen molar-refractivity contribution in [1.82, 2.24) is 9.80 Å². The van der Waals surface area contributed by atoms with Crippen LogP contribution in [0.5, 0.6) is 5.75 Å². The molecule has 1 fully saturated rings. The van der Waals surface area contributed by atoms with E-state index in [9.17, 15) is 13.6 Å². The molecule has 33 heavy (non-hydrogen) atoms. The van der Waals surface area contributed by atoms with Crippen LogP contribution in [0.25, 0.3) is 0 Å². The molecule has 180 valence electrons. The van der Waals surface area contributed by atoms with Gasteiger partial charge in [-0.2, -0.15) is 0 Å². The summed E-state index contributed by atoms with van der Waals surface area (Å²) in [5.41, 5.74) is 1.92. The van der Waals surface area contributed by atoms with Gasteiger partial charge in [-0.1, -0.05) is 45.9 Å². The van der Waals surface area contributed by atoms with Crippen molar-refractivity contribution in [1.29, 1.82) is 0 Å². The smallest absolute Gasteiger partial charge is 0.225 e. The van der Waals surface area contributed by atoms with Crippen LogP contribution in [0.1, 0.15) is 44.7 Å². The van der Waals surface area contributed by atoms with Gasteiger partial charge >= 0.3 is 0 Å². The van der Waals surface area contributed by atoms with Gasteiger partial charge in [0.1, 0.15) is 5.75 Å². The highest BCUT2D eigenvalue weighted by Crippen LogP contribution is 2.36. The Hall–Kier alpha value is -2.47. The fraction of sp³-hybridized carbons (Fsp3) is 0.519. The number of benzene rings is 2. The highest BCUT2D eigenvalue weighted by atomic mass is 19.2. The summed E-state index contributed by atoms with van der Waals surface area (Å²) in [6.07, 6.45) is 0. The molecule has 0 saturated carbocycles. The normalized spacial score (nSPS) is 18.8. The molecule has 0 N–H and O–H groups in total. The predicted molar refractivity (Wildman–Crippen MR) is 127 cm³/mol. The Morgan fingerprint density at radius 2 is 1.85 bits per heavy atom. The van der Waals surface area contributed by atoms with Gasteiger partial charge in [0.25, 0.3) is 0 Å². The number of carbonyl (C=O) groups is 1. The zero-order chi connectivity index (χ0) is 24.1. The van der Waals surface area contributed by atoms with Gasteiger partial charge in [0.15, 0.2) is 11.6 Å². The van der Waals surface area contributed by atoms with Gasteiger partial charge in [-0.25, -0.2) is 8.78 Å². The molecule has 4 nitrogen and oxygen atoms in total. The van der Waals surface area contributed by atoms with Gasteiger partial charge in [0.05, 0.1) is 7.11 Å². The summed E-state index contributed by atoms with van der Waals surface area (Å²) in [7, 11) is 1.66. The average molecular weight is 459 g/mol. The Morgan fingerprint density at radius 1 is 1.09 bits per heavy atom. The third-order valence-corrected chi connectivity index (χ3v) is 6.27. The van der Waals surface area contributed by atoms with Crippen LogP contribution < -0.4 is 4.74 Å². The van der Waals surface area contributed by atoms with Crippen molar-refractivity contribution < 1.29 is 18.3 Å². The topological polar surface area (TPSA) is 32.8 Å². The second-order valence-electron chi connectivity index (χ2n) is 9.88. The van der Waals surface area contributed by atoms with Crippen LogP contribution in [-0.4, -0.2) is 49.0 Å². The van der Waals surface area contributed by atoms with Gasteiger partial charge in [0.2, 0.25) is 5.91 Å². The first-order chi connectivity index (χ1) is 15.7. The summed E-state index contributed by atoms with van der Waals surface area (Å²) in [6, 6.07) is 12.2.